The predicted molar refractivity (Wildman–Crippen MR) is 89.7 cm³/mol. The van der Waals surface area contributed by atoms with E-state index in [1.54, 1.807) is 24.5 Å². The number of pyridine rings is 1. The van der Waals surface area contributed by atoms with Crippen molar-refractivity contribution >= 4 is 29.0 Å². The number of halogens is 1. The van der Waals surface area contributed by atoms with Gasteiger partial charge in [-0.15, -0.1) is 0 Å². The molecule has 4 rings (SSSR count). The van der Waals surface area contributed by atoms with Crippen LogP contribution in [0, 0.1) is 5.82 Å². The molecule has 2 heterocycles. The summed E-state index contributed by atoms with van der Waals surface area (Å²) in [4.78, 5) is 16.2. The van der Waals surface area contributed by atoms with Crippen LogP contribution in [0.4, 0.5) is 4.39 Å². The van der Waals surface area contributed by atoms with Crippen LogP contribution in [-0.4, -0.2) is 27.1 Å². The van der Waals surface area contributed by atoms with Gasteiger partial charge >= 0.3 is 0 Å². The highest BCUT2D eigenvalue weighted by atomic mass is 19.1. The highest BCUT2D eigenvalue weighted by Gasteiger charge is 2.24. The minimum atomic E-state index is -0.484. The molecule has 0 atom stereocenters. The Morgan fingerprint density at radius 2 is 2.21 bits per heavy atom. The minimum Gasteiger partial charge on any atom is -0.349 e. The van der Waals surface area contributed by atoms with Crippen LogP contribution in [0.15, 0.2) is 36.7 Å². The smallest absolute Gasteiger partial charge is 0.251 e. The van der Waals surface area contributed by atoms with Crippen LogP contribution in [0.1, 0.15) is 34.5 Å². The Morgan fingerprint density at radius 3 is 2.96 bits per heavy atom. The maximum absolute atomic E-state index is 14.3. The largest absolute Gasteiger partial charge is 0.349 e. The SMILES string of the molecule is O=C(NC1CC1)c1cc(F)c2[nH]nc(C=Cc3cccnc3)c2c1. The van der Waals surface area contributed by atoms with E-state index >= 15 is 0 Å². The summed E-state index contributed by atoms with van der Waals surface area (Å²) in [6.45, 7) is 0. The quantitative estimate of drug-likeness (QED) is 0.775. The van der Waals surface area contributed by atoms with E-state index in [1.165, 1.54) is 6.07 Å². The van der Waals surface area contributed by atoms with Crippen molar-refractivity contribution in [3.63, 3.8) is 0 Å². The van der Waals surface area contributed by atoms with Crippen molar-refractivity contribution in [3.8, 4) is 0 Å². The second-order valence-electron chi connectivity index (χ2n) is 5.86. The van der Waals surface area contributed by atoms with Crippen molar-refractivity contribution in [2.24, 2.45) is 0 Å². The summed E-state index contributed by atoms with van der Waals surface area (Å²) in [7, 11) is 0. The molecule has 6 heteroatoms. The summed E-state index contributed by atoms with van der Waals surface area (Å²) in [5, 5.41) is 10.3. The predicted octanol–water partition coefficient (Wildman–Crippen LogP) is 3.16. The molecule has 120 valence electrons. The molecule has 1 aromatic carbocycles. The van der Waals surface area contributed by atoms with E-state index < -0.39 is 5.82 Å². The third-order valence-corrected chi connectivity index (χ3v) is 3.95. The van der Waals surface area contributed by atoms with Gasteiger partial charge in [-0.2, -0.15) is 5.10 Å². The van der Waals surface area contributed by atoms with Gasteiger partial charge in [0, 0.05) is 29.4 Å². The van der Waals surface area contributed by atoms with Crippen LogP contribution in [0.5, 0.6) is 0 Å². The molecule has 1 aliphatic carbocycles. The Kier molecular flexibility index (Phi) is 3.57. The van der Waals surface area contributed by atoms with Gasteiger partial charge in [0.15, 0.2) is 0 Å². The van der Waals surface area contributed by atoms with Crippen molar-refractivity contribution in [3.05, 3.63) is 59.3 Å². The molecule has 0 unspecified atom stereocenters. The number of amides is 1. The fourth-order valence-corrected chi connectivity index (χ4v) is 2.50. The molecule has 2 aromatic heterocycles. The second kappa shape index (κ2) is 5.88. The number of aromatic nitrogens is 3. The standard InChI is InChI=1S/C18H15FN4O/c19-15-9-12(18(24)21-13-4-5-13)8-14-16(22-23-17(14)15)6-3-11-2-1-7-20-10-11/h1-3,6-10,13H,4-5H2,(H,21,24)(H,22,23). The van der Waals surface area contributed by atoms with Gasteiger partial charge in [0.05, 0.1) is 5.69 Å². The molecule has 3 aromatic rings. The molecule has 0 saturated heterocycles. The van der Waals surface area contributed by atoms with Crippen LogP contribution in [0.25, 0.3) is 23.1 Å². The molecule has 0 spiro atoms. The zero-order chi connectivity index (χ0) is 16.5. The first-order valence-electron chi connectivity index (χ1n) is 7.77. The Hall–Kier alpha value is -3.02. The molecule has 1 amide bonds. The zero-order valence-corrected chi connectivity index (χ0v) is 12.8. The lowest BCUT2D eigenvalue weighted by Crippen LogP contribution is -2.25. The van der Waals surface area contributed by atoms with Gasteiger partial charge in [0.2, 0.25) is 0 Å². The van der Waals surface area contributed by atoms with E-state index in [0.717, 1.165) is 18.4 Å². The summed E-state index contributed by atoms with van der Waals surface area (Å²) in [5.74, 6) is -0.733. The van der Waals surface area contributed by atoms with Crippen LogP contribution in [0.2, 0.25) is 0 Å². The van der Waals surface area contributed by atoms with E-state index in [4.69, 9.17) is 0 Å². The molecule has 2 N–H and O–H groups in total. The number of nitrogens with one attached hydrogen (secondary N) is 2. The van der Waals surface area contributed by atoms with Crippen molar-refractivity contribution in [1.82, 2.24) is 20.5 Å². The highest BCUT2D eigenvalue weighted by Crippen LogP contribution is 2.24. The van der Waals surface area contributed by atoms with E-state index in [-0.39, 0.29) is 11.9 Å². The summed E-state index contributed by atoms with van der Waals surface area (Å²) in [5.41, 5.74) is 2.10. The van der Waals surface area contributed by atoms with Crippen LogP contribution in [0.3, 0.4) is 0 Å². The number of nitrogens with zero attached hydrogens (tertiary/aromatic N) is 2. The van der Waals surface area contributed by atoms with Gasteiger partial charge < -0.3 is 5.32 Å². The van der Waals surface area contributed by atoms with Gasteiger partial charge in [-0.05, 0) is 42.7 Å². The number of hydrogen-bond donors (Lipinski definition) is 2. The summed E-state index contributed by atoms with van der Waals surface area (Å²) in [6, 6.07) is 6.89. The number of fused-ring (bicyclic) bond motifs is 1. The van der Waals surface area contributed by atoms with E-state index in [9.17, 15) is 9.18 Å². The monoisotopic (exact) mass is 322 g/mol. The lowest BCUT2D eigenvalue weighted by atomic mass is 10.1. The molecule has 5 nitrogen and oxygen atoms in total. The Labute approximate surface area is 137 Å². The maximum atomic E-state index is 14.3. The Bertz CT molecular complexity index is 929. The lowest BCUT2D eigenvalue weighted by molar-refractivity contribution is 0.0951. The topological polar surface area (TPSA) is 70.7 Å². The molecular formula is C18H15FN4O. The van der Waals surface area contributed by atoms with Gasteiger partial charge in [-0.3, -0.25) is 14.9 Å². The second-order valence-corrected chi connectivity index (χ2v) is 5.86. The first-order chi connectivity index (χ1) is 11.7. The summed E-state index contributed by atoms with van der Waals surface area (Å²) in [6.07, 6.45) is 9.01. The number of benzene rings is 1. The maximum Gasteiger partial charge on any atom is 0.251 e. The van der Waals surface area contributed by atoms with Gasteiger partial charge in [0.1, 0.15) is 11.3 Å². The molecule has 1 fully saturated rings. The number of rotatable bonds is 4. The molecule has 1 aliphatic rings. The van der Waals surface area contributed by atoms with E-state index in [1.807, 2.05) is 18.2 Å². The van der Waals surface area contributed by atoms with E-state index in [0.29, 0.717) is 22.2 Å². The number of H-pyrrole nitrogens is 1. The fraction of sp³-hybridized carbons (Fsp3) is 0.167. The number of aromatic amines is 1. The third kappa shape index (κ3) is 2.90. The zero-order valence-electron chi connectivity index (χ0n) is 12.8. The molecule has 0 aliphatic heterocycles. The van der Waals surface area contributed by atoms with Crippen molar-refractivity contribution in [2.75, 3.05) is 0 Å². The average molecular weight is 322 g/mol. The van der Waals surface area contributed by atoms with E-state index in [2.05, 4.69) is 20.5 Å². The van der Waals surface area contributed by atoms with Crippen molar-refractivity contribution < 1.29 is 9.18 Å². The molecule has 24 heavy (non-hydrogen) atoms. The molecular weight excluding hydrogens is 307 g/mol. The van der Waals surface area contributed by atoms with Gasteiger partial charge in [0.25, 0.3) is 5.91 Å². The first-order valence-corrected chi connectivity index (χ1v) is 7.77. The first kappa shape index (κ1) is 14.6. The molecule has 0 bridgehead atoms. The summed E-state index contributed by atoms with van der Waals surface area (Å²) >= 11 is 0. The molecule has 0 radical (unpaired) electrons. The highest BCUT2D eigenvalue weighted by molar-refractivity contribution is 6.00. The van der Waals surface area contributed by atoms with Crippen LogP contribution >= 0.6 is 0 Å². The summed E-state index contributed by atoms with van der Waals surface area (Å²) < 4.78 is 14.3. The van der Waals surface area contributed by atoms with Crippen LogP contribution in [-0.2, 0) is 0 Å². The van der Waals surface area contributed by atoms with Gasteiger partial charge in [-0.25, -0.2) is 4.39 Å². The molecule has 1 saturated carbocycles. The van der Waals surface area contributed by atoms with Crippen molar-refractivity contribution in [2.45, 2.75) is 18.9 Å². The fourth-order valence-electron chi connectivity index (χ4n) is 2.50. The normalized spacial score (nSPS) is 14.4. The third-order valence-electron chi connectivity index (χ3n) is 3.95. The average Bonchev–Trinajstić information content (AvgIpc) is 3.31. The number of hydrogen-bond acceptors (Lipinski definition) is 3. The Balaban J connectivity index is 1.69. The minimum absolute atomic E-state index is 0.227. The Morgan fingerprint density at radius 1 is 1.33 bits per heavy atom. The lowest BCUT2D eigenvalue weighted by Gasteiger charge is -2.04. The number of carbonyl (C=O) groups is 1. The van der Waals surface area contributed by atoms with Crippen molar-refractivity contribution in [1.29, 1.82) is 0 Å². The van der Waals surface area contributed by atoms with Gasteiger partial charge in [-0.1, -0.05) is 12.1 Å². The van der Waals surface area contributed by atoms with Crippen LogP contribution < -0.4 is 5.32 Å². The number of carbonyl (C=O) groups excluding carboxylic acids is 1.